The molecule has 0 unspecified atom stereocenters. The Morgan fingerprint density at radius 1 is 0.234 bits per heavy atom. The van der Waals surface area contributed by atoms with Crippen molar-refractivity contribution < 1.29 is 0 Å². The predicted molar refractivity (Wildman–Crippen MR) is 459 cm³/mol. The first-order valence-electron chi connectivity index (χ1n) is 37.9. The summed E-state index contributed by atoms with van der Waals surface area (Å²) >= 11 is 0. The van der Waals surface area contributed by atoms with Gasteiger partial charge in [0.2, 0.25) is 0 Å². The Labute approximate surface area is 630 Å². The van der Waals surface area contributed by atoms with Gasteiger partial charge >= 0.3 is 0 Å². The zero-order chi connectivity index (χ0) is 73.4. The molecule has 16 aromatic rings. The number of aromatic nitrogens is 2. The van der Waals surface area contributed by atoms with Crippen molar-refractivity contribution in [1.82, 2.24) is 9.97 Å². The van der Waals surface area contributed by atoms with Crippen LogP contribution in [0.25, 0.3) is 122 Å². The minimum atomic E-state index is -0.226. The predicted octanol–water partition coefficient (Wildman–Crippen LogP) is 26.0. The van der Waals surface area contributed by atoms with Crippen molar-refractivity contribution in [3.8, 4) is 78.4 Å². The molecule has 0 aliphatic carbocycles. The van der Waals surface area contributed by atoms with Crippen molar-refractivity contribution in [2.24, 2.45) is 0 Å². The fourth-order valence-corrected chi connectivity index (χ4v) is 16.5. The van der Waals surface area contributed by atoms with Crippen LogP contribution in [-0.2, 0) is 21.7 Å². The Balaban J connectivity index is 1.02. The van der Waals surface area contributed by atoms with E-state index in [-0.39, 0.29) is 28.4 Å². The number of anilines is 6. The van der Waals surface area contributed by atoms with Gasteiger partial charge in [-0.05, 0) is 239 Å². The molecule has 0 amide bonds. The van der Waals surface area contributed by atoms with Crippen LogP contribution in [-0.4, -0.2) is 16.7 Å². The molecule has 1 aromatic heterocycles. The second-order valence-electron chi connectivity index (χ2n) is 33.9. The Morgan fingerprint density at radius 3 is 0.879 bits per heavy atom. The summed E-state index contributed by atoms with van der Waals surface area (Å²) in [6, 6.07) is 117. The number of fused-ring (bicyclic) bond motifs is 10. The molecule has 2 aliphatic rings. The average molecular weight is 1380 g/mol. The standard InChI is InChI=1S/C102H87BN4/c1-99(2,3)79-55-80(100(4,5)6)58-83(57-79)106-93-61-87-70(43-41-68-37-25-27-39-85(68)87)51-89(93)103-90-52-71-44-42-69-38-26-28-40-86(69)88(71)62-94(90)107(84-59-81(101(7,8)9)56-82(60-84)102(10,11)12)96-54-78(53-95(106)97(96)103)98-104-91(76-47-72(64-29-17-13-18-30-64)45-73(48-76)65-31-19-14-20-32-65)63-92(105-98)77-49-74(66-33-21-15-22-34-66)46-75(50-77)67-35-23-16-24-36-67/h13-63H,1-12H3. The Hall–Kier alpha value is -11.9. The number of nitrogens with zero attached hydrogens (tertiary/aromatic N) is 4. The van der Waals surface area contributed by atoms with Gasteiger partial charge in [-0.25, -0.2) is 9.97 Å². The number of hydrogen-bond donors (Lipinski definition) is 0. The van der Waals surface area contributed by atoms with Crippen LogP contribution < -0.4 is 26.2 Å². The lowest BCUT2D eigenvalue weighted by Crippen LogP contribution is -2.61. The molecular weight excluding hydrogens is 1290 g/mol. The molecule has 0 saturated heterocycles. The van der Waals surface area contributed by atoms with E-state index in [1.807, 2.05) is 0 Å². The summed E-state index contributed by atoms with van der Waals surface area (Å²) in [7, 11) is 0. The minimum Gasteiger partial charge on any atom is -0.311 e. The number of benzene rings is 15. The maximum Gasteiger partial charge on any atom is 0.252 e. The molecule has 18 rings (SSSR count). The van der Waals surface area contributed by atoms with Crippen LogP contribution in [0, 0.1) is 0 Å². The number of hydrogen-bond acceptors (Lipinski definition) is 4. The van der Waals surface area contributed by atoms with Crippen molar-refractivity contribution in [3.63, 3.8) is 0 Å². The Morgan fingerprint density at radius 2 is 0.542 bits per heavy atom. The number of rotatable bonds is 9. The van der Waals surface area contributed by atoms with E-state index in [0.717, 1.165) is 107 Å². The van der Waals surface area contributed by atoms with E-state index in [1.54, 1.807) is 0 Å². The van der Waals surface area contributed by atoms with Gasteiger partial charge in [-0.1, -0.05) is 301 Å². The molecule has 0 saturated carbocycles. The van der Waals surface area contributed by atoms with Crippen molar-refractivity contribution in [3.05, 3.63) is 332 Å². The fraction of sp³-hybridized carbons (Fsp3) is 0.157. The fourth-order valence-electron chi connectivity index (χ4n) is 16.5. The molecule has 0 N–H and O–H groups in total. The summed E-state index contributed by atoms with van der Waals surface area (Å²) in [5.41, 5.74) is 28.2. The smallest absolute Gasteiger partial charge is 0.252 e. The van der Waals surface area contributed by atoms with E-state index in [0.29, 0.717) is 5.82 Å². The topological polar surface area (TPSA) is 32.3 Å². The lowest BCUT2D eigenvalue weighted by Gasteiger charge is -2.45. The van der Waals surface area contributed by atoms with Gasteiger partial charge in [-0.15, -0.1) is 0 Å². The van der Waals surface area contributed by atoms with Crippen LogP contribution in [0.3, 0.4) is 0 Å². The molecule has 107 heavy (non-hydrogen) atoms. The third kappa shape index (κ3) is 12.2. The molecule has 0 atom stereocenters. The van der Waals surface area contributed by atoms with Crippen LogP contribution in [0.15, 0.2) is 309 Å². The summed E-state index contributed by atoms with van der Waals surface area (Å²) < 4.78 is 0. The van der Waals surface area contributed by atoms with Crippen LogP contribution >= 0.6 is 0 Å². The summed E-state index contributed by atoms with van der Waals surface area (Å²) in [4.78, 5) is 17.4. The molecular formula is C102H87BN4. The van der Waals surface area contributed by atoms with Crippen molar-refractivity contribution in [1.29, 1.82) is 0 Å². The van der Waals surface area contributed by atoms with E-state index in [9.17, 15) is 0 Å². The molecule has 0 spiro atoms. The lowest BCUT2D eigenvalue weighted by molar-refractivity contribution is 0.568. The molecule has 0 radical (unpaired) electrons. The monoisotopic (exact) mass is 1380 g/mol. The van der Waals surface area contributed by atoms with Crippen LogP contribution in [0.5, 0.6) is 0 Å². The highest BCUT2D eigenvalue weighted by molar-refractivity contribution is 7.00. The van der Waals surface area contributed by atoms with Gasteiger partial charge in [0.1, 0.15) is 0 Å². The summed E-state index contributed by atoms with van der Waals surface area (Å²) in [5, 5.41) is 9.73. The van der Waals surface area contributed by atoms with E-state index in [1.165, 1.54) is 81.7 Å². The average Bonchev–Trinajstić information content (AvgIpc) is 0.686. The SMILES string of the molecule is CC(C)(C)c1cc(N2c3cc4c(ccc5ccccc54)cc3B3c4cc5ccc6ccccc6c5cc4N(c4cc(C(C)(C)C)cc(C(C)(C)C)c4)c4cc(-c5nc(-c6cc(-c7ccccc7)cc(-c7ccccc7)c6)cc(-c6cc(-c7ccccc7)cc(-c7ccccc7)c6)n5)cc2c43)cc(C(C)(C)C)c1. The third-order valence-corrected chi connectivity index (χ3v) is 22.5. The lowest BCUT2D eigenvalue weighted by atomic mass is 9.33. The first-order chi connectivity index (χ1) is 51.5. The van der Waals surface area contributed by atoms with E-state index in [4.69, 9.17) is 9.97 Å². The second-order valence-corrected chi connectivity index (χ2v) is 33.9. The van der Waals surface area contributed by atoms with Crippen LogP contribution in [0.2, 0.25) is 0 Å². The van der Waals surface area contributed by atoms with Gasteiger partial charge in [0.15, 0.2) is 5.82 Å². The van der Waals surface area contributed by atoms with E-state index in [2.05, 4.69) is 402 Å². The van der Waals surface area contributed by atoms with Gasteiger partial charge in [-0.3, -0.25) is 0 Å². The van der Waals surface area contributed by atoms with Crippen molar-refractivity contribution in [2.45, 2.75) is 105 Å². The quantitative estimate of drug-likeness (QED) is 0.106. The first-order valence-corrected chi connectivity index (χ1v) is 37.9. The third-order valence-electron chi connectivity index (χ3n) is 22.5. The summed E-state index contributed by atoms with van der Waals surface area (Å²) in [6.45, 7) is 28.1. The van der Waals surface area contributed by atoms with Gasteiger partial charge < -0.3 is 9.80 Å². The normalized spacial score (nSPS) is 13.0. The first kappa shape index (κ1) is 67.0. The molecule has 0 bridgehead atoms. The van der Waals surface area contributed by atoms with Gasteiger partial charge in [0, 0.05) is 50.8 Å². The molecule has 2 aliphatic heterocycles. The van der Waals surface area contributed by atoms with Crippen molar-refractivity contribution in [2.75, 3.05) is 9.80 Å². The highest BCUT2D eigenvalue weighted by Gasteiger charge is 2.45. The molecule has 0 fully saturated rings. The maximum atomic E-state index is 6.06. The zero-order valence-electron chi connectivity index (χ0n) is 63.3. The zero-order valence-corrected chi connectivity index (χ0v) is 63.3. The van der Waals surface area contributed by atoms with Gasteiger partial charge in [0.25, 0.3) is 6.71 Å². The van der Waals surface area contributed by atoms with Gasteiger partial charge in [-0.2, -0.15) is 0 Å². The van der Waals surface area contributed by atoms with Crippen LogP contribution in [0.1, 0.15) is 105 Å². The van der Waals surface area contributed by atoms with Crippen LogP contribution in [0.4, 0.5) is 34.1 Å². The Bertz CT molecular complexity index is 5680. The molecule has 518 valence electrons. The minimum absolute atomic E-state index is 0.192. The highest BCUT2D eigenvalue weighted by Crippen LogP contribution is 2.51. The van der Waals surface area contributed by atoms with E-state index < -0.39 is 0 Å². The summed E-state index contributed by atoms with van der Waals surface area (Å²) in [5.74, 6) is 0.619. The molecule has 3 heterocycles. The molecule has 5 heteroatoms. The van der Waals surface area contributed by atoms with Gasteiger partial charge in [0.05, 0.1) is 11.4 Å². The van der Waals surface area contributed by atoms with E-state index >= 15 is 0 Å². The molecule has 15 aromatic carbocycles. The maximum absolute atomic E-state index is 6.06. The molecule has 4 nitrogen and oxygen atoms in total. The highest BCUT2D eigenvalue weighted by atomic mass is 15.2. The largest absolute Gasteiger partial charge is 0.311 e. The second kappa shape index (κ2) is 25.4. The Kier molecular flexibility index (Phi) is 15.9. The van der Waals surface area contributed by atoms with Crippen molar-refractivity contribution >= 4 is 100 Å². The summed E-state index contributed by atoms with van der Waals surface area (Å²) in [6.07, 6.45) is 0.